The van der Waals surface area contributed by atoms with Crippen LogP contribution >= 0.6 is 23.2 Å². The molecule has 2 aromatic rings. The zero-order valence-corrected chi connectivity index (χ0v) is 15.6. The van der Waals surface area contributed by atoms with Gasteiger partial charge in [-0.25, -0.2) is 0 Å². The van der Waals surface area contributed by atoms with Crippen LogP contribution in [0.2, 0.25) is 10.0 Å². The predicted octanol–water partition coefficient (Wildman–Crippen LogP) is 4.71. The average molecular weight is 377 g/mol. The van der Waals surface area contributed by atoms with Crippen LogP contribution in [0.3, 0.4) is 0 Å². The van der Waals surface area contributed by atoms with E-state index >= 15 is 0 Å². The second-order valence-electron chi connectivity index (χ2n) is 6.36. The van der Waals surface area contributed by atoms with E-state index in [0.717, 1.165) is 24.9 Å². The second-order valence-corrected chi connectivity index (χ2v) is 7.21. The SMILES string of the molecule is O=C(CCc1ccc(Cl)cc1Cl)NCC1CCCN1c1ccccc1. The maximum atomic E-state index is 12.2. The summed E-state index contributed by atoms with van der Waals surface area (Å²) in [5.74, 6) is 0.0610. The highest BCUT2D eigenvalue weighted by Gasteiger charge is 2.24. The lowest BCUT2D eigenvalue weighted by atomic mass is 10.1. The average Bonchev–Trinajstić information content (AvgIpc) is 3.08. The van der Waals surface area contributed by atoms with Gasteiger partial charge in [0.25, 0.3) is 0 Å². The van der Waals surface area contributed by atoms with E-state index in [4.69, 9.17) is 23.2 Å². The molecule has 25 heavy (non-hydrogen) atoms. The number of amides is 1. The number of carbonyl (C=O) groups excluding carboxylic acids is 1. The minimum atomic E-state index is 0.0610. The Balaban J connectivity index is 1.48. The maximum Gasteiger partial charge on any atom is 0.220 e. The Bertz CT molecular complexity index is 721. The minimum Gasteiger partial charge on any atom is -0.367 e. The lowest BCUT2D eigenvalue weighted by Crippen LogP contribution is -2.40. The largest absolute Gasteiger partial charge is 0.367 e. The van der Waals surface area contributed by atoms with Crippen molar-refractivity contribution in [3.8, 4) is 0 Å². The molecule has 0 radical (unpaired) electrons. The van der Waals surface area contributed by atoms with Gasteiger partial charge in [0.05, 0.1) is 0 Å². The van der Waals surface area contributed by atoms with Crippen LogP contribution in [0.5, 0.6) is 0 Å². The van der Waals surface area contributed by atoms with Crippen molar-refractivity contribution in [1.82, 2.24) is 5.32 Å². The van der Waals surface area contributed by atoms with Crippen molar-refractivity contribution in [3.05, 3.63) is 64.1 Å². The van der Waals surface area contributed by atoms with Crippen LogP contribution < -0.4 is 10.2 Å². The number of carbonyl (C=O) groups is 1. The summed E-state index contributed by atoms with van der Waals surface area (Å²) in [6, 6.07) is 16.2. The van der Waals surface area contributed by atoms with E-state index in [1.54, 1.807) is 12.1 Å². The van der Waals surface area contributed by atoms with Crippen molar-refractivity contribution >= 4 is 34.8 Å². The maximum absolute atomic E-state index is 12.2. The van der Waals surface area contributed by atoms with Gasteiger partial charge in [0.1, 0.15) is 0 Å². The number of hydrogen-bond donors (Lipinski definition) is 1. The Hall–Kier alpha value is -1.71. The highest BCUT2D eigenvalue weighted by Crippen LogP contribution is 2.25. The Morgan fingerprint density at radius 1 is 1.16 bits per heavy atom. The van der Waals surface area contributed by atoms with E-state index in [1.165, 1.54) is 5.69 Å². The van der Waals surface area contributed by atoms with E-state index in [2.05, 4.69) is 34.5 Å². The Labute approximate surface area is 158 Å². The highest BCUT2D eigenvalue weighted by molar-refractivity contribution is 6.35. The van der Waals surface area contributed by atoms with Gasteiger partial charge in [0, 0.05) is 41.3 Å². The van der Waals surface area contributed by atoms with Gasteiger partial charge < -0.3 is 10.2 Å². The van der Waals surface area contributed by atoms with Gasteiger partial charge in [0.2, 0.25) is 5.91 Å². The number of nitrogens with one attached hydrogen (secondary N) is 1. The van der Waals surface area contributed by atoms with Gasteiger partial charge in [0.15, 0.2) is 0 Å². The lowest BCUT2D eigenvalue weighted by Gasteiger charge is -2.27. The fourth-order valence-corrected chi connectivity index (χ4v) is 3.80. The van der Waals surface area contributed by atoms with Crippen molar-refractivity contribution < 1.29 is 4.79 Å². The molecule has 0 aliphatic carbocycles. The van der Waals surface area contributed by atoms with Gasteiger partial charge >= 0.3 is 0 Å². The number of para-hydroxylation sites is 1. The molecule has 0 bridgehead atoms. The van der Waals surface area contributed by atoms with Crippen molar-refractivity contribution in [2.24, 2.45) is 0 Å². The zero-order valence-electron chi connectivity index (χ0n) is 14.1. The van der Waals surface area contributed by atoms with Gasteiger partial charge in [-0.3, -0.25) is 4.79 Å². The fraction of sp³-hybridized carbons (Fsp3) is 0.350. The molecular formula is C20H22Cl2N2O. The van der Waals surface area contributed by atoms with E-state index < -0.39 is 0 Å². The smallest absolute Gasteiger partial charge is 0.220 e. The van der Waals surface area contributed by atoms with Crippen LogP contribution in [0.25, 0.3) is 0 Å². The molecule has 1 amide bonds. The molecule has 132 valence electrons. The minimum absolute atomic E-state index is 0.0610. The third kappa shape index (κ3) is 4.90. The molecule has 0 aromatic heterocycles. The number of benzene rings is 2. The number of rotatable bonds is 6. The summed E-state index contributed by atoms with van der Waals surface area (Å²) in [4.78, 5) is 14.6. The molecule has 1 saturated heterocycles. The molecule has 1 aliphatic rings. The number of aryl methyl sites for hydroxylation is 1. The van der Waals surface area contributed by atoms with Crippen LogP contribution in [0, 0.1) is 0 Å². The summed E-state index contributed by atoms with van der Waals surface area (Å²) < 4.78 is 0. The second kappa shape index (κ2) is 8.59. The van der Waals surface area contributed by atoms with Crippen molar-refractivity contribution in [1.29, 1.82) is 0 Å². The number of nitrogens with zero attached hydrogens (tertiary/aromatic N) is 1. The Morgan fingerprint density at radius 3 is 2.72 bits per heavy atom. The fourth-order valence-electron chi connectivity index (χ4n) is 3.30. The van der Waals surface area contributed by atoms with Crippen LogP contribution in [0.15, 0.2) is 48.5 Å². The van der Waals surface area contributed by atoms with E-state index in [0.29, 0.717) is 35.5 Å². The summed E-state index contributed by atoms with van der Waals surface area (Å²) >= 11 is 12.1. The third-order valence-corrected chi connectivity index (χ3v) is 5.22. The Morgan fingerprint density at radius 2 is 1.96 bits per heavy atom. The van der Waals surface area contributed by atoms with E-state index in [9.17, 15) is 4.79 Å². The lowest BCUT2D eigenvalue weighted by molar-refractivity contribution is -0.121. The van der Waals surface area contributed by atoms with E-state index in [1.807, 2.05) is 12.1 Å². The van der Waals surface area contributed by atoms with Crippen LogP contribution in [0.1, 0.15) is 24.8 Å². The van der Waals surface area contributed by atoms with E-state index in [-0.39, 0.29) is 5.91 Å². The summed E-state index contributed by atoms with van der Waals surface area (Å²) in [7, 11) is 0. The molecule has 0 spiro atoms. The monoisotopic (exact) mass is 376 g/mol. The van der Waals surface area contributed by atoms with Crippen LogP contribution in [-0.2, 0) is 11.2 Å². The predicted molar refractivity (Wildman–Crippen MR) is 105 cm³/mol. The molecule has 5 heteroatoms. The zero-order chi connectivity index (χ0) is 17.6. The molecule has 1 aliphatic heterocycles. The molecule has 1 unspecified atom stereocenters. The van der Waals surface area contributed by atoms with Crippen molar-refractivity contribution in [2.75, 3.05) is 18.0 Å². The molecule has 2 aromatic carbocycles. The summed E-state index contributed by atoms with van der Waals surface area (Å²) in [5, 5.41) is 4.30. The standard InChI is InChI=1S/C20H22Cl2N2O/c21-16-10-8-15(19(22)13-16)9-11-20(25)23-14-18-7-4-12-24(18)17-5-2-1-3-6-17/h1-3,5-6,8,10,13,18H,4,7,9,11-12,14H2,(H,23,25). The first-order chi connectivity index (χ1) is 12.1. The van der Waals surface area contributed by atoms with Gasteiger partial charge in [-0.2, -0.15) is 0 Å². The third-order valence-electron chi connectivity index (χ3n) is 4.64. The van der Waals surface area contributed by atoms with Gasteiger partial charge in [-0.05, 0) is 49.1 Å². The first-order valence-electron chi connectivity index (χ1n) is 8.66. The first kappa shape index (κ1) is 18.1. The normalized spacial score (nSPS) is 16.9. The molecule has 3 nitrogen and oxygen atoms in total. The molecule has 1 N–H and O–H groups in total. The summed E-state index contributed by atoms with van der Waals surface area (Å²) in [6.07, 6.45) is 3.32. The quantitative estimate of drug-likeness (QED) is 0.791. The molecule has 1 fully saturated rings. The summed E-state index contributed by atoms with van der Waals surface area (Å²) in [5.41, 5.74) is 2.18. The van der Waals surface area contributed by atoms with Gasteiger partial charge in [-0.1, -0.05) is 47.5 Å². The molecule has 1 heterocycles. The molecular weight excluding hydrogens is 355 g/mol. The number of hydrogen-bond acceptors (Lipinski definition) is 2. The van der Waals surface area contributed by atoms with Crippen LogP contribution in [0.4, 0.5) is 5.69 Å². The molecule has 3 rings (SSSR count). The number of anilines is 1. The molecule has 1 atom stereocenters. The number of halogens is 2. The highest BCUT2D eigenvalue weighted by atomic mass is 35.5. The first-order valence-corrected chi connectivity index (χ1v) is 9.41. The van der Waals surface area contributed by atoms with Crippen molar-refractivity contribution in [2.45, 2.75) is 31.7 Å². The Kier molecular flexibility index (Phi) is 6.22. The van der Waals surface area contributed by atoms with Crippen LogP contribution in [-0.4, -0.2) is 25.0 Å². The topological polar surface area (TPSA) is 32.3 Å². The van der Waals surface area contributed by atoms with Gasteiger partial charge in [-0.15, -0.1) is 0 Å². The summed E-state index contributed by atoms with van der Waals surface area (Å²) in [6.45, 7) is 1.73. The molecule has 0 saturated carbocycles. The van der Waals surface area contributed by atoms with Crippen molar-refractivity contribution in [3.63, 3.8) is 0 Å².